The number of aromatic nitrogens is 2. The third kappa shape index (κ3) is 1.44. The van der Waals surface area contributed by atoms with E-state index in [1.807, 2.05) is 6.07 Å². The molecule has 0 aliphatic heterocycles. The van der Waals surface area contributed by atoms with Gasteiger partial charge in [-0.15, -0.1) is 0 Å². The van der Waals surface area contributed by atoms with Crippen LogP contribution in [0.4, 0.5) is 0 Å². The van der Waals surface area contributed by atoms with Gasteiger partial charge in [0, 0.05) is 5.92 Å². The molecule has 3 rings (SSSR count). The molecule has 2 aromatic rings. The molecule has 0 unspecified atom stereocenters. The highest BCUT2D eigenvalue weighted by Crippen LogP contribution is 2.50. The number of hydrogen-bond acceptors (Lipinski definition) is 1. The number of nitrogens with zero attached hydrogens (tertiary/aromatic N) is 1. The van der Waals surface area contributed by atoms with Crippen LogP contribution in [-0.4, -0.2) is 9.97 Å². The molecule has 0 saturated heterocycles. The zero-order valence-corrected chi connectivity index (χ0v) is 9.20. The summed E-state index contributed by atoms with van der Waals surface area (Å²) in [4.78, 5) is 8.08. The Bertz CT molecular complexity index is 451. The van der Waals surface area contributed by atoms with Crippen molar-refractivity contribution >= 4 is 11.0 Å². The lowest BCUT2D eigenvalue weighted by Crippen LogP contribution is -1.93. The van der Waals surface area contributed by atoms with Crippen LogP contribution in [0.5, 0.6) is 0 Å². The van der Waals surface area contributed by atoms with Crippen molar-refractivity contribution in [3.05, 3.63) is 30.1 Å². The minimum atomic E-state index is 0.678. The van der Waals surface area contributed by atoms with Crippen LogP contribution in [0.1, 0.15) is 32.0 Å². The van der Waals surface area contributed by atoms with Crippen LogP contribution in [0, 0.1) is 11.8 Å². The number of H-pyrrole nitrogens is 1. The molecule has 1 aliphatic carbocycles. The van der Waals surface area contributed by atoms with Gasteiger partial charge in [-0.1, -0.05) is 26.0 Å². The molecule has 0 amide bonds. The van der Waals surface area contributed by atoms with Gasteiger partial charge in [0.2, 0.25) is 0 Å². The van der Waals surface area contributed by atoms with E-state index >= 15 is 0 Å². The predicted molar refractivity (Wildman–Crippen MR) is 61.8 cm³/mol. The van der Waals surface area contributed by atoms with Gasteiger partial charge in [-0.2, -0.15) is 0 Å². The lowest BCUT2D eigenvalue weighted by atomic mass is 10.1. The van der Waals surface area contributed by atoms with Gasteiger partial charge in [0.25, 0.3) is 0 Å². The number of para-hydroxylation sites is 2. The van der Waals surface area contributed by atoms with E-state index in [1.54, 1.807) is 0 Å². The van der Waals surface area contributed by atoms with Gasteiger partial charge < -0.3 is 4.98 Å². The van der Waals surface area contributed by atoms with Gasteiger partial charge in [-0.05, 0) is 30.4 Å². The maximum atomic E-state index is 4.65. The smallest absolute Gasteiger partial charge is 0.110 e. The Kier molecular flexibility index (Phi) is 1.84. The van der Waals surface area contributed by atoms with Crippen molar-refractivity contribution in [2.75, 3.05) is 0 Å². The van der Waals surface area contributed by atoms with Crippen molar-refractivity contribution < 1.29 is 0 Å². The molecular formula is C13H16N2. The Balaban J connectivity index is 1.94. The van der Waals surface area contributed by atoms with Crippen molar-refractivity contribution in [3.63, 3.8) is 0 Å². The molecular weight excluding hydrogens is 184 g/mol. The summed E-state index contributed by atoms with van der Waals surface area (Å²) in [6.07, 6.45) is 1.30. The van der Waals surface area contributed by atoms with E-state index in [-0.39, 0.29) is 0 Å². The normalized spacial score (nSPS) is 25.0. The lowest BCUT2D eigenvalue weighted by molar-refractivity contribution is 0.544. The number of rotatable bonds is 2. The van der Waals surface area contributed by atoms with Crippen LogP contribution >= 0.6 is 0 Å². The first-order valence-electron chi connectivity index (χ1n) is 5.70. The Morgan fingerprint density at radius 1 is 1.33 bits per heavy atom. The molecule has 2 atom stereocenters. The van der Waals surface area contributed by atoms with Crippen LogP contribution in [-0.2, 0) is 0 Å². The maximum absolute atomic E-state index is 4.65. The van der Waals surface area contributed by atoms with Crippen molar-refractivity contribution in [2.45, 2.75) is 26.2 Å². The minimum Gasteiger partial charge on any atom is -0.342 e. The van der Waals surface area contributed by atoms with Gasteiger partial charge in [-0.25, -0.2) is 4.98 Å². The SMILES string of the molecule is CC(C)[C@H]1C[C@@H]1c1nc2ccccc2[nH]1. The van der Waals surface area contributed by atoms with E-state index in [0.29, 0.717) is 5.92 Å². The summed E-state index contributed by atoms with van der Waals surface area (Å²) in [7, 11) is 0. The van der Waals surface area contributed by atoms with E-state index in [2.05, 4.69) is 42.0 Å². The van der Waals surface area contributed by atoms with E-state index in [1.165, 1.54) is 17.8 Å². The fraction of sp³-hybridized carbons (Fsp3) is 0.462. The van der Waals surface area contributed by atoms with Crippen molar-refractivity contribution in [1.29, 1.82) is 0 Å². The predicted octanol–water partition coefficient (Wildman–Crippen LogP) is 3.32. The molecule has 15 heavy (non-hydrogen) atoms. The number of aromatic amines is 1. The summed E-state index contributed by atoms with van der Waals surface area (Å²) < 4.78 is 0. The molecule has 1 aliphatic rings. The van der Waals surface area contributed by atoms with Crippen LogP contribution in [0.2, 0.25) is 0 Å². The summed E-state index contributed by atoms with van der Waals surface area (Å²) in [6.45, 7) is 4.60. The monoisotopic (exact) mass is 200 g/mol. The van der Waals surface area contributed by atoms with Gasteiger partial charge >= 0.3 is 0 Å². The van der Waals surface area contributed by atoms with Crippen molar-refractivity contribution in [3.8, 4) is 0 Å². The molecule has 1 N–H and O–H groups in total. The molecule has 1 aromatic heterocycles. The van der Waals surface area contributed by atoms with E-state index in [0.717, 1.165) is 17.4 Å². The molecule has 2 nitrogen and oxygen atoms in total. The molecule has 0 spiro atoms. The summed E-state index contributed by atoms with van der Waals surface area (Å²) in [5.41, 5.74) is 2.27. The zero-order valence-electron chi connectivity index (χ0n) is 9.20. The first-order valence-corrected chi connectivity index (χ1v) is 5.70. The highest BCUT2D eigenvalue weighted by atomic mass is 14.9. The van der Waals surface area contributed by atoms with Gasteiger partial charge in [0.1, 0.15) is 5.82 Å². The van der Waals surface area contributed by atoms with Crippen LogP contribution in [0.25, 0.3) is 11.0 Å². The average molecular weight is 200 g/mol. The van der Waals surface area contributed by atoms with Crippen LogP contribution in [0.15, 0.2) is 24.3 Å². The fourth-order valence-corrected chi connectivity index (χ4v) is 2.41. The Hall–Kier alpha value is -1.31. The highest BCUT2D eigenvalue weighted by Gasteiger charge is 2.42. The van der Waals surface area contributed by atoms with Crippen LogP contribution in [0.3, 0.4) is 0 Å². The summed E-state index contributed by atoms with van der Waals surface area (Å²) in [5, 5.41) is 0. The number of hydrogen-bond donors (Lipinski definition) is 1. The Labute approximate surface area is 89.7 Å². The standard InChI is InChI=1S/C13H16N2/c1-8(2)9-7-10(9)13-14-11-5-3-4-6-12(11)15-13/h3-6,8-10H,7H2,1-2H3,(H,14,15)/t9-,10+/m1/s1. The number of imidazole rings is 1. The first kappa shape index (κ1) is 8.96. The van der Waals surface area contributed by atoms with Crippen molar-refractivity contribution in [2.24, 2.45) is 11.8 Å². The second kappa shape index (κ2) is 3.09. The second-order valence-corrected chi connectivity index (χ2v) is 4.89. The molecule has 1 aromatic carbocycles. The van der Waals surface area contributed by atoms with Crippen molar-refractivity contribution in [1.82, 2.24) is 9.97 Å². The maximum Gasteiger partial charge on any atom is 0.110 e. The largest absolute Gasteiger partial charge is 0.342 e. The number of fused-ring (bicyclic) bond motifs is 1. The third-order valence-electron chi connectivity index (χ3n) is 3.46. The summed E-state index contributed by atoms with van der Waals surface area (Å²) >= 11 is 0. The van der Waals surface area contributed by atoms with Gasteiger partial charge in [-0.3, -0.25) is 0 Å². The molecule has 0 bridgehead atoms. The van der Waals surface area contributed by atoms with E-state index < -0.39 is 0 Å². The quantitative estimate of drug-likeness (QED) is 0.791. The third-order valence-corrected chi connectivity index (χ3v) is 3.46. The second-order valence-electron chi connectivity index (χ2n) is 4.89. The molecule has 1 heterocycles. The highest BCUT2D eigenvalue weighted by molar-refractivity contribution is 5.74. The lowest BCUT2D eigenvalue weighted by Gasteiger charge is -1.99. The molecule has 1 fully saturated rings. The summed E-state index contributed by atoms with van der Waals surface area (Å²) in [6, 6.07) is 8.26. The van der Waals surface area contributed by atoms with E-state index in [4.69, 9.17) is 0 Å². The molecule has 78 valence electrons. The zero-order chi connectivity index (χ0) is 10.4. The Morgan fingerprint density at radius 2 is 2.13 bits per heavy atom. The first-order chi connectivity index (χ1) is 7.25. The number of nitrogens with one attached hydrogen (secondary N) is 1. The fourth-order valence-electron chi connectivity index (χ4n) is 2.41. The minimum absolute atomic E-state index is 0.678. The van der Waals surface area contributed by atoms with Gasteiger partial charge in [0.05, 0.1) is 11.0 Å². The molecule has 0 radical (unpaired) electrons. The Morgan fingerprint density at radius 3 is 2.80 bits per heavy atom. The summed E-state index contributed by atoms with van der Waals surface area (Å²) in [5.74, 6) is 3.49. The molecule has 1 saturated carbocycles. The van der Waals surface area contributed by atoms with Gasteiger partial charge in [0.15, 0.2) is 0 Å². The topological polar surface area (TPSA) is 28.7 Å². The molecule has 2 heteroatoms. The van der Waals surface area contributed by atoms with Crippen LogP contribution < -0.4 is 0 Å². The average Bonchev–Trinajstić information content (AvgIpc) is 2.91. The number of benzene rings is 1. The van der Waals surface area contributed by atoms with E-state index in [9.17, 15) is 0 Å².